The highest BCUT2D eigenvalue weighted by Crippen LogP contribution is 2.30. The number of aromatic amines is 1. The molecule has 2 N–H and O–H groups in total. The molecule has 1 aliphatic heterocycles. The summed E-state index contributed by atoms with van der Waals surface area (Å²) in [7, 11) is 2.05. The number of aryl methyl sites for hydroxylation is 1. The van der Waals surface area contributed by atoms with E-state index in [1.165, 1.54) is 10.9 Å². The van der Waals surface area contributed by atoms with Crippen LogP contribution in [0.2, 0.25) is 0 Å². The van der Waals surface area contributed by atoms with E-state index in [1.54, 1.807) is 0 Å². The summed E-state index contributed by atoms with van der Waals surface area (Å²) in [6.07, 6.45) is 3.90. The van der Waals surface area contributed by atoms with Crippen LogP contribution in [0.5, 0.6) is 0 Å². The highest BCUT2D eigenvalue weighted by atomic mass is 15.2. The monoisotopic (exact) mass is 382 g/mol. The van der Waals surface area contributed by atoms with Gasteiger partial charge in [0.1, 0.15) is 11.9 Å². The van der Waals surface area contributed by atoms with Crippen LogP contribution < -0.4 is 10.2 Å². The summed E-state index contributed by atoms with van der Waals surface area (Å²) in [5.74, 6) is 0.910. The van der Waals surface area contributed by atoms with Crippen LogP contribution in [0.3, 0.4) is 0 Å². The molecule has 0 bridgehead atoms. The highest BCUT2D eigenvalue weighted by Gasteiger charge is 2.18. The number of anilines is 1. The van der Waals surface area contributed by atoms with Crippen molar-refractivity contribution in [2.75, 3.05) is 31.1 Å². The van der Waals surface area contributed by atoms with Gasteiger partial charge in [0, 0.05) is 73.3 Å². The van der Waals surface area contributed by atoms with Crippen molar-refractivity contribution >= 4 is 16.7 Å². The van der Waals surface area contributed by atoms with Crippen LogP contribution in [0, 0.1) is 11.3 Å². The van der Waals surface area contributed by atoms with Crippen LogP contribution in [0.1, 0.15) is 5.56 Å². The Labute approximate surface area is 169 Å². The molecule has 1 aliphatic rings. The molecule has 0 aliphatic carbocycles. The molecule has 0 atom stereocenters. The van der Waals surface area contributed by atoms with Gasteiger partial charge in [0.25, 0.3) is 0 Å². The summed E-state index contributed by atoms with van der Waals surface area (Å²) in [6, 6.07) is 16.9. The average Bonchev–Trinajstić information content (AvgIpc) is 3.38. The van der Waals surface area contributed by atoms with Gasteiger partial charge < -0.3 is 19.8 Å². The largest absolute Gasteiger partial charge is 0.355 e. The average molecular weight is 382 g/mol. The molecule has 0 radical (unpaired) electrons. The Hall–Kier alpha value is -3.56. The Balaban J connectivity index is 1.52. The lowest BCUT2D eigenvalue weighted by molar-refractivity contribution is 0.585. The van der Waals surface area contributed by atoms with Crippen molar-refractivity contribution in [2.45, 2.75) is 0 Å². The first-order valence-electron chi connectivity index (χ1n) is 9.83. The highest BCUT2D eigenvalue weighted by molar-refractivity contribution is 5.85. The first-order valence-corrected chi connectivity index (χ1v) is 9.83. The van der Waals surface area contributed by atoms with Crippen LogP contribution in [-0.4, -0.2) is 40.7 Å². The molecule has 4 heterocycles. The Morgan fingerprint density at radius 1 is 1.03 bits per heavy atom. The predicted molar refractivity (Wildman–Crippen MR) is 116 cm³/mol. The predicted octanol–water partition coefficient (Wildman–Crippen LogP) is 3.52. The van der Waals surface area contributed by atoms with E-state index in [9.17, 15) is 5.26 Å². The first kappa shape index (κ1) is 17.5. The Bertz CT molecular complexity index is 1220. The van der Waals surface area contributed by atoms with E-state index >= 15 is 0 Å². The molecule has 6 heteroatoms. The summed E-state index contributed by atoms with van der Waals surface area (Å²) in [6.45, 7) is 3.65. The summed E-state index contributed by atoms with van der Waals surface area (Å²) in [5.41, 5.74) is 5.87. The van der Waals surface area contributed by atoms with E-state index in [0.29, 0.717) is 5.56 Å². The number of rotatable bonds is 3. The van der Waals surface area contributed by atoms with Crippen molar-refractivity contribution in [1.29, 1.82) is 5.26 Å². The van der Waals surface area contributed by atoms with Crippen molar-refractivity contribution in [3.8, 4) is 28.6 Å². The molecule has 1 aromatic carbocycles. The summed E-state index contributed by atoms with van der Waals surface area (Å²) >= 11 is 0. The summed E-state index contributed by atoms with van der Waals surface area (Å²) < 4.78 is 2.11. The molecule has 144 valence electrons. The number of hydrogen-bond donors (Lipinski definition) is 2. The maximum atomic E-state index is 9.62. The molecule has 1 saturated heterocycles. The van der Waals surface area contributed by atoms with Gasteiger partial charge in [-0.1, -0.05) is 6.07 Å². The van der Waals surface area contributed by atoms with Crippen molar-refractivity contribution in [3.05, 3.63) is 60.4 Å². The van der Waals surface area contributed by atoms with Gasteiger partial charge in [-0.05, 0) is 36.4 Å². The van der Waals surface area contributed by atoms with Crippen molar-refractivity contribution in [2.24, 2.45) is 7.05 Å². The van der Waals surface area contributed by atoms with E-state index in [0.717, 1.165) is 54.5 Å². The fourth-order valence-electron chi connectivity index (χ4n) is 4.02. The van der Waals surface area contributed by atoms with E-state index in [2.05, 4.69) is 74.4 Å². The third-order valence-corrected chi connectivity index (χ3v) is 5.60. The molecule has 29 heavy (non-hydrogen) atoms. The van der Waals surface area contributed by atoms with Gasteiger partial charge in [-0.15, -0.1) is 0 Å². The van der Waals surface area contributed by atoms with Crippen LogP contribution in [0.25, 0.3) is 33.4 Å². The van der Waals surface area contributed by atoms with Gasteiger partial charge in [-0.3, -0.25) is 4.98 Å². The molecule has 0 spiro atoms. The van der Waals surface area contributed by atoms with Crippen LogP contribution in [0.4, 0.5) is 5.82 Å². The third-order valence-electron chi connectivity index (χ3n) is 5.60. The van der Waals surface area contributed by atoms with Gasteiger partial charge in [0.2, 0.25) is 0 Å². The fraction of sp³-hybridized carbons (Fsp3) is 0.217. The summed E-state index contributed by atoms with van der Waals surface area (Å²) in [5, 5.41) is 14.2. The van der Waals surface area contributed by atoms with Gasteiger partial charge in [-0.25, -0.2) is 0 Å². The SMILES string of the molecule is Cn1ccc2cc(-c3cc(-c4cc(C#N)c(N5CCNCC5)[nH]4)ccn3)ccc21. The van der Waals surface area contributed by atoms with Crippen molar-refractivity contribution in [3.63, 3.8) is 0 Å². The Morgan fingerprint density at radius 3 is 2.72 bits per heavy atom. The van der Waals surface area contributed by atoms with Crippen LogP contribution in [-0.2, 0) is 7.05 Å². The van der Waals surface area contributed by atoms with Crippen molar-refractivity contribution in [1.82, 2.24) is 19.9 Å². The molecule has 0 unspecified atom stereocenters. The topological polar surface area (TPSA) is 72.7 Å². The quantitative estimate of drug-likeness (QED) is 0.569. The zero-order valence-corrected chi connectivity index (χ0v) is 16.3. The molecular formula is C23H22N6. The maximum Gasteiger partial charge on any atom is 0.124 e. The van der Waals surface area contributed by atoms with Crippen LogP contribution >= 0.6 is 0 Å². The molecule has 5 rings (SSSR count). The number of pyridine rings is 1. The minimum absolute atomic E-state index is 0.686. The fourth-order valence-corrected chi connectivity index (χ4v) is 4.02. The molecular weight excluding hydrogens is 360 g/mol. The molecule has 0 saturated carbocycles. The normalized spacial score (nSPS) is 14.3. The minimum atomic E-state index is 0.686. The third kappa shape index (κ3) is 3.16. The number of piperazine rings is 1. The number of aromatic nitrogens is 3. The van der Waals surface area contributed by atoms with Gasteiger partial charge >= 0.3 is 0 Å². The van der Waals surface area contributed by atoms with E-state index in [-0.39, 0.29) is 0 Å². The van der Waals surface area contributed by atoms with Gasteiger partial charge in [0.15, 0.2) is 0 Å². The number of nitrogens with zero attached hydrogens (tertiary/aromatic N) is 4. The van der Waals surface area contributed by atoms with Gasteiger partial charge in [0.05, 0.1) is 11.3 Å². The molecule has 4 aromatic rings. The number of nitrogens with one attached hydrogen (secondary N) is 2. The van der Waals surface area contributed by atoms with Crippen LogP contribution in [0.15, 0.2) is 54.9 Å². The maximum absolute atomic E-state index is 9.62. The smallest absolute Gasteiger partial charge is 0.124 e. The first-order chi connectivity index (χ1) is 14.2. The zero-order valence-electron chi connectivity index (χ0n) is 16.3. The number of hydrogen-bond acceptors (Lipinski definition) is 4. The second-order valence-corrected chi connectivity index (χ2v) is 7.42. The second kappa shape index (κ2) is 7.12. The number of fused-ring (bicyclic) bond motifs is 1. The second-order valence-electron chi connectivity index (χ2n) is 7.42. The van der Waals surface area contributed by atoms with Crippen molar-refractivity contribution < 1.29 is 0 Å². The number of benzene rings is 1. The lowest BCUT2D eigenvalue weighted by atomic mass is 10.1. The molecule has 6 nitrogen and oxygen atoms in total. The van der Waals surface area contributed by atoms with Gasteiger partial charge in [-0.2, -0.15) is 5.26 Å². The Morgan fingerprint density at radius 2 is 1.90 bits per heavy atom. The number of H-pyrrole nitrogens is 1. The lowest BCUT2D eigenvalue weighted by Crippen LogP contribution is -2.44. The zero-order chi connectivity index (χ0) is 19.8. The number of nitriles is 1. The molecule has 3 aromatic heterocycles. The lowest BCUT2D eigenvalue weighted by Gasteiger charge is -2.28. The Kier molecular flexibility index (Phi) is 4.30. The van der Waals surface area contributed by atoms with E-state index in [4.69, 9.17) is 0 Å². The van der Waals surface area contributed by atoms with E-state index < -0.39 is 0 Å². The molecule has 0 amide bonds. The minimum Gasteiger partial charge on any atom is -0.355 e. The summed E-state index contributed by atoms with van der Waals surface area (Å²) in [4.78, 5) is 10.3. The van der Waals surface area contributed by atoms with E-state index in [1.807, 2.05) is 18.3 Å². The molecule has 1 fully saturated rings. The standard InChI is InChI=1S/C23H22N6/c1-28-9-5-18-12-16(2-3-22(18)28)20-13-17(4-6-26-20)21-14-19(15-24)23(27-21)29-10-7-25-8-11-29/h2-6,9,12-14,25,27H,7-8,10-11H2,1H3.